The molecule has 0 rings (SSSR count). The number of aliphatic hydroxyl groups is 1. The third-order valence-electron chi connectivity index (χ3n) is 15.0. The lowest BCUT2D eigenvalue weighted by Gasteiger charge is -2.26. The van der Waals surface area contributed by atoms with Gasteiger partial charge in [0.1, 0.15) is 13.2 Å². The number of quaternary nitrogens is 1. The van der Waals surface area contributed by atoms with E-state index >= 15 is 0 Å². The van der Waals surface area contributed by atoms with Crippen molar-refractivity contribution in [2.24, 2.45) is 0 Å². The van der Waals surface area contributed by atoms with Crippen LogP contribution < -0.4 is 5.32 Å². The summed E-state index contributed by atoms with van der Waals surface area (Å²) in [4.78, 5) is 23.4. The molecule has 3 unspecified atom stereocenters. The summed E-state index contributed by atoms with van der Waals surface area (Å²) in [6, 6.07) is -0.769. The Morgan fingerprint density at radius 1 is 0.449 bits per heavy atom. The highest BCUT2D eigenvalue weighted by molar-refractivity contribution is 7.47. The van der Waals surface area contributed by atoms with Gasteiger partial charge in [-0.25, -0.2) is 4.57 Å². The summed E-state index contributed by atoms with van der Waals surface area (Å²) >= 11 is 0. The zero-order valence-corrected chi connectivity index (χ0v) is 53.0. The van der Waals surface area contributed by atoms with Crippen LogP contribution in [0.3, 0.4) is 0 Å². The van der Waals surface area contributed by atoms with Gasteiger partial charge in [0.15, 0.2) is 0 Å². The maximum absolute atomic E-state index is 13.1. The second kappa shape index (κ2) is 59.6. The van der Waals surface area contributed by atoms with Gasteiger partial charge in [0.2, 0.25) is 5.91 Å². The molecule has 0 aliphatic carbocycles. The molecule has 0 bridgehead atoms. The molecule has 0 heterocycles. The number of hydrogen-bond acceptors (Lipinski definition) is 5. The van der Waals surface area contributed by atoms with E-state index in [1.54, 1.807) is 0 Å². The molecular weight excluding hydrogens is 984 g/mol. The zero-order valence-electron chi connectivity index (χ0n) is 52.2. The lowest BCUT2D eigenvalue weighted by molar-refractivity contribution is -0.870. The van der Waals surface area contributed by atoms with Crippen LogP contribution in [0.5, 0.6) is 0 Å². The molecule has 0 saturated carbocycles. The summed E-state index contributed by atoms with van der Waals surface area (Å²) in [5.74, 6) is -0.148. The van der Waals surface area contributed by atoms with E-state index in [1.807, 2.05) is 21.1 Å². The highest BCUT2D eigenvalue weighted by atomic mass is 31.2. The van der Waals surface area contributed by atoms with E-state index in [0.717, 1.165) is 77.0 Å². The summed E-state index contributed by atoms with van der Waals surface area (Å²) in [5, 5.41) is 14.1. The van der Waals surface area contributed by atoms with Crippen LogP contribution in [0.2, 0.25) is 0 Å². The third-order valence-corrected chi connectivity index (χ3v) is 16.0. The summed E-state index contributed by atoms with van der Waals surface area (Å²) in [6.45, 7) is 4.81. The minimum atomic E-state index is -4.33. The number of aliphatic hydroxyl groups excluding tert-OH is 1. The van der Waals surface area contributed by atoms with Crippen LogP contribution in [-0.2, 0) is 18.4 Å². The van der Waals surface area contributed by atoms with Crippen LogP contribution in [0.4, 0.5) is 0 Å². The molecule has 78 heavy (non-hydrogen) atoms. The molecule has 9 heteroatoms. The first kappa shape index (κ1) is 75.9. The summed E-state index contributed by atoms with van der Waals surface area (Å²) < 4.78 is 23.9. The molecule has 8 nitrogen and oxygen atoms in total. The molecule has 0 saturated heterocycles. The number of allylic oxidation sites excluding steroid dienone is 12. The average Bonchev–Trinajstić information content (AvgIpc) is 3.41. The highest BCUT2D eigenvalue weighted by Crippen LogP contribution is 2.43. The number of amides is 1. The van der Waals surface area contributed by atoms with Crippen LogP contribution >= 0.6 is 7.82 Å². The fourth-order valence-corrected chi connectivity index (χ4v) is 10.6. The predicted octanol–water partition coefficient (Wildman–Crippen LogP) is 21.0. The molecule has 456 valence electrons. The third kappa shape index (κ3) is 61.6. The van der Waals surface area contributed by atoms with Gasteiger partial charge in [-0.2, -0.15) is 0 Å². The van der Waals surface area contributed by atoms with E-state index in [-0.39, 0.29) is 19.1 Å². The quantitative estimate of drug-likeness (QED) is 0.0243. The Labute approximate surface area is 484 Å². The van der Waals surface area contributed by atoms with Gasteiger partial charge < -0.3 is 19.8 Å². The molecule has 0 fully saturated rings. The molecule has 0 spiro atoms. The van der Waals surface area contributed by atoms with Crippen molar-refractivity contribution in [2.75, 3.05) is 40.9 Å². The number of phosphoric ester groups is 1. The highest BCUT2D eigenvalue weighted by Gasteiger charge is 2.28. The van der Waals surface area contributed by atoms with E-state index in [4.69, 9.17) is 9.05 Å². The first-order valence-corrected chi connectivity index (χ1v) is 34.8. The maximum Gasteiger partial charge on any atom is 0.472 e. The molecule has 0 aliphatic rings. The predicted molar refractivity (Wildman–Crippen MR) is 341 cm³/mol. The van der Waals surface area contributed by atoms with Crippen LogP contribution in [-0.4, -0.2) is 73.4 Å². The zero-order chi connectivity index (χ0) is 57.0. The Bertz CT molecular complexity index is 1500. The van der Waals surface area contributed by atoms with E-state index in [9.17, 15) is 19.4 Å². The molecule has 0 aromatic heterocycles. The lowest BCUT2D eigenvalue weighted by Crippen LogP contribution is -2.46. The first-order valence-electron chi connectivity index (χ1n) is 33.3. The molecule has 0 radical (unpaired) electrons. The number of carbonyl (C=O) groups is 1. The molecular formula is C69H130N2O6P+. The van der Waals surface area contributed by atoms with Gasteiger partial charge in [-0.15, -0.1) is 0 Å². The Hall–Kier alpha value is -2.06. The number of nitrogens with one attached hydrogen (secondary N) is 1. The smallest absolute Gasteiger partial charge is 0.391 e. The topological polar surface area (TPSA) is 105 Å². The van der Waals surface area contributed by atoms with Gasteiger partial charge in [0, 0.05) is 6.42 Å². The van der Waals surface area contributed by atoms with E-state index in [2.05, 4.69) is 92.1 Å². The van der Waals surface area contributed by atoms with Crippen molar-refractivity contribution >= 4 is 13.7 Å². The van der Waals surface area contributed by atoms with Crippen molar-refractivity contribution in [3.05, 3.63) is 72.9 Å². The first-order chi connectivity index (χ1) is 38.0. The van der Waals surface area contributed by atoms with Gasteiger partial charge in [0.05, 0.1) is 39.9 Å². The Morgan fingerprint density at radius 3 is 1.13 bits per heavy atom. The van der Waals surface area contributed by atoms with Gasteiger partial charge >= 0.3 is 7.82 Å². The number of phosphoric acid groups is 1. The summed E-state index contributed by atoms with van der Waals surface area (Å²) in [7, 11) is 1.61. The average molecular weight is 1110 g/mol. The Morgan fingerprint density at radius 2 is 0.769 bits per heavy atom. The maximum atomic E-state index is 13.1. The van der Waals surface area contributed by atoms with Crippen LogP contribution in [0, 0.1) is 0 Å². The number of unbranched alkanes of at least 4 members (excludes halogenated alkanes) is 36. The van der Waals surface area contributed by atoms with Crippen molar-refractivity contribution in [2.45, 2.75) is 321 Å². The van der Waals surface area contributed by atoms with Crippen molar-refractivity contribution in [3.63, 3.8) is 0 Å². The summed E-state index contributed by atoms with van der Waals surface area (Å²) in [6.07, 6.45) is 82.7. The lowest BCUT2D eigenvalue weighted by atomic mass is 10.0. The van der Waals surface area contributed by atoms with Gasteiger partial charge in [-0.3, -0.25) is 13.8 Å². The number of carbonyl (C=O) groups excluding carboxylic acids is 1. The van der Waals surface area contributed by atoms with Gasteiger partial charge in [-0.1, -0.05) is 311 Å². The molecule has 3 N–H and O–H groups in total. The van der Waals surface area contributed by atoms with Crippen LogP contribution in [0.15, 0.2) is 72.9 Å². The molecule has 3 atom stereocenters. The number of likely N-dealkylation sites (N-methyl/N-ethyl adjacent to an activating group) is 1. The molecule has 0 aromatic carbocycles. The minimum Gasteiger partial charge on any atom is -0.391 e. The van der Waals surface area contributed by atoms with Crippen LogP contribution in [0.1, 0.15) is 309 Å². The van der Waals surface area contributed by atoms with Crippen molar-refractivity contribution in [3.8, 4) is 0 Å². The van der Waals surface area contributed by atoms with Crippen molar-refractivity contribution < 1.29 is 32.9 Å². The second-order valence-corrected chi connectivity index (χ2v) is 25.3. The minimum absolute atomic E-state index is 0.0716. The largest absolute Gasteiger partial charge is 0.472 e. The van der Waals surface area contributed by atoms with Gasteiger partial charge in [0.25, 0.3) is 0 Å². The van der Waals surface area contributed by atoms with Crippen LogP contribution in [0.25, 0.3) is 0 Å². The van der Waals surface area contributed by atoms with Crippen molar-refractivity contribution in [1.29, 1.82) is 0 Å². The van der Waals surface area contributed by atoms with E-state index < -0.39 is 20.0 Å². The Kier molecular flexibility index (Phi) is 58.0. The normalized spacial score (nSPS) is 14.2. The number of nitrogens with zero attached hydrogens (tertiary/aromatic N) is 1. The fourth-order valence-electron chi connectivity index (χ4n) is 9.82. The number of hydrogen-bond donors (Lipinski definition) is 3. The van der Waals surface area contributed by atoms with E-state index in [0.29, 0.717) is 23.9 Å². The fraction of sp³-hybridized carbons (Fsp3) is 0.812. The number of rotatable bonds is 61. The van der Waals surface area contributed by atoms with Crippen molar-refractivity contribution in [1.82, 2.24) is 5.32 Å². The molecule has 0 aliphatic heterocycles. The monoisotopic (exact) mass is 1110 g/mol. The summed E-state index contributed by atoms with van der Waals surface area (Å²) in [5.41, 5.74) is 0. The standard InChI is InChI=1S/C69H129N2O6P/c1-6-8-10-12-14-16-18-20-22-24-26-28-30-32-34-35-37-39-41-43-45-47-49-51-53-55-57-59-61-63-69(73)70-67(66-77-78(74,75)76-65-64-71(3,4)5)68(72)62-60-58-56-54-52-50-48-46-44-42-40-38-36-33-31-29-27-25-23-21-19-17-15-13-11-9-7-2/h8,10,14,16,20,22,26,28,32,34,37,39,67-68,72H,6-7,9,11-13,15,17-19,21,23-25,27,29-31,33,35-36,38,40-66H2,1-5H3,(H-,70,73,74,75)/p+1/b10-8-,16-14-,22-20-,28-26-,34-32-,39-37-. The second-order valence-electron chi connectivity index (χ2n) is 23.8. The molecule has 1 amide bonds. The van der Waals surface area contributed by atoms with E-state index in [1.165, 1.54) is 205 Å². The van der Waals surface area contributed by atoms with Gasteiger partial charge in [-0.05, 0) is 64.2 Å². The Balaban J connectivity index is 4.10. The molecule has 0 aromatic rings. The SMILES string of the molecule is CC/C=C\C/C=C\C/C=C\C/C=C\C/C=C\C/C=C\CCCCCCCCCCCCC(=O)NC(COP(=O)(O)OCC[N+](C)(C)C)C(O)CCCCCCCCCCCCCCCCCCCCCCCCCCCCC.